The highest BCUT2D eigenvalue weighted by Crippen LogP contribution is 2.33. The van der Waals surface area contributed by atoms with Gasteiger partial charge in [0.15, 0.2) is 0 Å². The molecule has 104 valence electrons. The number of rotatable bonds is 5. The van der Waals surface area contributed by atoms with Crippen LogP contribution in [-0.2, 0) is 9.53 Å². The molecule has 1 N–H and O–H groups in total. The van der Waals surface area contributed by atoms with Gasteiger partial charge in [-0.1, -0.05) is 19.8 Å². The summed E-state index contributed by atoms with van der Waals surface area (Å²) in [6, 6.07) is 0.591. The fourth-order valence-electron chi connectivity index (χ4n) is 3.37. The molecule has 1 saturated heterocycles. The van der Waals surface area contributed by atoms with E-state index in [9.17, 15) is 9.90 Å². The molecule has 1 atom stereocenters. The van der Waals surface area contributed by atoms with Crippen LogP contribution >= 0.6 is 0 Å². The Morgan fingerprint density at radius 3 is 2.61 bits per heavy atom. The second-order valence-corrected chi connectivity index (χ2v) is 5.74. The van der Waals surface area contributed by atoms with Crippen molar-refractivity contribution >= 4 is 5.97 Å². The first-order valence-corrected chi connectivity index (χ1v) is 7.23. The summed E-state index contributed by atoms with van der Waals surface area (Å²) in [6.45, 7) is 4.83. The Morgan fingerprint density at radius 2 is 2.11 bits per heavy atom. The number of carboxylic acids is 1. The summed E-state index contributed by atoms with van der Waals surface area (Å²) in [6.07, 6.45) is 6.66. The molecular formula is C14H25NO3. The van der Waals surface area contributed by atoms with Gasteiger partial charge in [0.25, 0.3) is 0 Å². The molecule has 1 aliphatic heterocycles. The van der Waals surface area contributed by atoms with Gasteiger partial charge in [0.1, 0.15) is 5.41 Å². The summed E-state index contributed by atoms with van der Waals surface area (Å²) in [7, 11) is 0. The highest BCUT2D eigenvalue weighted by Gasteiger charge is 2.43. The van der Waals surface area contributed by atoms with Gasteiger partial charge in [-0.05, 0) is 32.2 Å². The van der Waals surface area contributed by atoms with E-state index in [0.717, 1.165) is 19.4 Å². The Labute approximate surface area is 109 Å². The molecule has 1 heterocycles. The maximum Gasteiger partial charge on any atom is 0.313 e. The molecule has 0 bridgehead atoms. The first-order chi connectivity index (χ1) is 8.68. The topological polar surface area (TPSA) is 49.8 Å². The lowest BCUT2D eigenvalue weighted by Gasteiger charge is -2.39. The van der Waals surface area contributed by atoms with Crippen LogP contribution in [0.15, 0.2) is 0 Å². The zero-order chi connectivity index (χ0) is 13.0. The monoisotopic (exact) mass is 255 g/mol. The van der Waals surface area contributed by atoms with Crippen molar-refractivity contribution in [2.24, 2.45) is 5.41 Å². The van der Waals surface area contributed by atoms with Gasteiger partial charge in [0, 0.05) is 19.2 Å². The predicted molar refractivity (Wildman–Crippen MR) is 69.6 cm³/mol. The lowest BCUT2D eigenvalue weighted by atomic mass is 9.81. The summed E-state index contributed by atoms with van der Waals surface area (Å²) in [5, 5.41) is 9.57. The van der Waals surface area contributed by atoms with Gasteiger partial charge >= 0.3 is 5.97 Å². The van der Waals surface area contributed by atoms with E-state index in [0.29, 0.717) is 25.8 Å². The third-order valence-corrected chi connectivity index (χ3v) is 4.53. The standard InChI is InChI=1S/C14H25NO3/c1-2-15(12-6-3-4-7-12)10-14(13(16)17)8-5-9-18-11-14/h12H,2-11H2,1H3,(H,16,17). The summed E-state index contributed by atoms with van der Waals surface area (Å²) in [5.74, 6) is -0.682. The van der Waals surface area contributed by atoms with Crippen LogP contribution in [0.4, 0.5) is 0 Å². The van der Waals surface area contributed by atoms with E-state index >= 15 is 0 Å². The van der Waals surface area contributed by atoms with Crippen LogP contribution in [0.1, 0.15) is 45.4 Å². The Kier molecular flexibility index (Phi) is 4.62. The molecule has 2 rings (SSSR count). The molecule has 4 heteroatoms. The van der Waals surface area contributed by atoms with Gasteiger partial charge in [-0.25, -0.2) is 0 Å². The van der Waals surface area contributed by atoms with E-state index in [4.69, 9.17) is 4.74 Å². The second kappa shape index (κ2) is 6.02. The van der Waals surface area contributed by atoms with E-state index < -0.39 is 11.4 Å². The molecule has 0 aromatic carbocycles. The van der Waals surface area contributed by atoms with Gasteiger partial charge in [-0.15, -0.1) is 0 Å². The minimum Gasteiger partial charge on any atom is -0.481 e. The molecule has 18 heavy (non-hydrogen) atoms. The van der Waals surface area contributed by atoms with Crippen LogP contribution in [0.25, 0.3) is 0 Å². The van der Waals surface area contributed by atoms with E-state index in [1.807, 2.05) is 0 Å². The quantitative estimate of drug-likeness (QED) is 0.817. The SMILES string of the molecule is CCN(CC1(C(=O)O)CCCOC1)C1CCCC1. The van der Waals surface area contributed by atoms with Gasteiger partial charge < -0.3 is 9.84 Å². The molecule has 1 aliphatic carbocycles. The van der Waals surface area contributed by atoms with Crippen molar-refractivity contribution in [3.05, 3.63) is 0 Å². The minimum atomic E-state index is -0.682. The molecule has 0 amide bonds. The number of nitrogens with zero attached hydrogens (tertiary/aromatic N) is 1. The summed E-state index contributed by atoms with van der Waals surface area (Å²) in [4.78, 5) is 14.0. The van der Waals surface area contributed by atoms with Crippen LogP contribution < -0.4 is 0 Å². The molecule has 1 unspecified atom stereocenters. The van der Waals surface area contributed by atoms with Crippen molar-refractivity contribution in [1.82, 2.24) is 4.90 Å². The smallest absolute Gasteiger partial charge is 0.313 e. The fraction of sp³-hybridized carbons (Fsp3) is 0.929. The van der Waals surface area contributed by atoms with Gasteiger partial charge in [0.05, 0.1) is 6.61 Å². The Bertz CT molecular complexity index is 281. The highest BCUT2D eigenvalue weighted by atomic mass is 16.5. The van der Waals surface area contributed by atoms with Crippen molar-refractivity contribution in [2.45, 2.75) is 51.5 Å². The number of aliphatic carboxylic acids is 1. The van der Waals surface area contributed by atoms with Crippen molar-refractivity contribution < 1.29 is 14.6 Å². The van der Waals surface area contributed by atoms with Crippen LogP contribution in [0.2, 0.25) is 0 Å². The molecule has 2 fully saturated rings. The van der Waals surface area contributed by atoms with Crippen LogP contribution in [-0.4, -0.2) is 48.3 Å². The van der Waals surface area contributed by atoms with Crippen molar-refractivity contribution in [3.63, 3.8) is 0 Å². The van der Waals surface area contributed by atoms with Crippen LogP contribution in [0, 0.1) is 5.41 Å². The molecule has 0 spiro atoms. The molecule has 0 radical (unpaired) electrons. The molecule has 2 aliphatic rings. The van der Waals surface area contributed by atoms with Gasteiger partial charge in [-0.2, -0.15) is 0 Å². The van der Waals surface area contributed by atoms with E-state index in [1.54, 1.807) is 0 Å². The molecule has 0 aromatic heterocycles. The highest BCUT2D eigenvalue weighted by molar-refractivity contribution is 5.75. The third kappa shape index (κ3) is 2.86. The molecule has 0 aromatic rings. The fourth-order valence-corrected chi connectivity index (χ4v) is 3.37. The van der Waals surface area contributed by atoms with Crippen LogP contribution in [0.3, 0.4) is 0 Å². The summed E-state index contributed by atoms with van der Waals surface area (Å²) < 4.78 is 5.45. The first-order valence-electron chi connectivity index (χ1n) is 7.23. The lowest BCUT2D eigenvalue weighted by molar-refractivity contribution is -0.160. The Balaban J connectivity index is 2.04. The number of carbonyl (C=O) groups is 1. The Hall–Kier alpha value is -0.610. The van der Waals surface area contributed by atoms with E-state index in [2.05, 4.69) is 11.8 Å². The normalized spacial score (nSPS) is 29.9. The van der Waals surface area contributed by atoms with Crippen molar-refractivity contribution in [3.8, 4) is 0 Å². The Morgan fingerprint density at radius 1 is 1.39 bits per heavy atom. The maximum absolute atomic E-state index is 11.6. The second-order valence-electron chi connectivity index (χ2n) is 5.74. The maximum atomic E-state index is 11.6. The zero-order valence-corrected chi connectivity index (χ0v) is 11.4. The van der Waals surface area contributed by atoms with Crippen molar-refractivity contribution in [2.75, 3.05) is 26.3 Å². The largest absolute Gasteiger partial charge is 0.481 e. The number of carboxylic acid groups (broad SMARTS) is 1. The number of hydrogen-bond acceptors (Lipinski definition) is 3. The van der Waals surface area contributed by atoms with E-state index in [1.165, 1.54) is 25.7 Å². The van der Waals surface area contributed by atoms with Gasteiger partial charge in [-0.3, -0.25) is 9.69 Å². The van der Waals surface area contributed by atoms with E-state index in [-0.39, 0.29) is 0 Å². The van der Waals surface area contributed by atoms with Gasteiger partial charge in [0.2, 0.25) is 0 Å². The molecular weight excluding hydrogens is 230 g/mol. The van der Waals surface area contributed by atoms with Crippen molar-refractivity contribution in [1.29, 1.82) is 0 Å². The zero-order valence-electron chi connectivity index (χ0n) is 11.4. The number of ether oxygens (including phenoxy) is 1. The third-order valence-electron chi connectivity index (χ3n) is 4.53. The minimum absolute atomic E-state index is 0.381. The van der Waals surface area contributed by atoms with Crippen LogP contribution in [0.5, 0.6) is 0 Å². The molecule has 4 nitrogen and oxygen atoms in total. The summed E-state index contributed by atoms with van der Waals surface area (Å²) >= 11 is 0. The number of hydrogen-bond donors (Lipinski definition) is 1. The molecule has 1 saturated carbocycles. The average Bonchev–Trinajstić information content (AvgIpc) is 2.90. The lowest BCUT2D eigenvalue weighted by Crippen LogP contribution is -2.50. The first kappa shape index (κ1) is 13.8. The summed E-state index contributed by atoms with van der Waals surface area (Å²) in [5.41, 5.74) is -0.670. The predicted octanol–water partition coefficient (Wildman–Crippen LogP) is 2.13. The average molecular weight is 255 g/mol.